The van der Waals surface area contributed by atoms with Crippen molar-refractivity contribution in [2.75, 3.05) is 6.54 Å². The van der Waals surface area contributed by atoms with Crippen molar-refractivity contribution in [2.24, 2.45) is 12.8 Å². The second-order valence-corrected chi connectivity index (χ2v) is 3.88. The normalized spacial score (nSPS) is 12.4. The average Bonchev–Trinajstić information content (AvgIpc) is 2.65. The molecular formula is C11H20N4O. The first-order valence-corrected chi connectivity index (χ1v) is 5.65. The van der Waals surface area contributed by atoms with Crippen LogP contribution in [0.25, 0.3) is 0 Å². The fourth-order valence-corrected chi connectivity index (χ4v) is 1.53. The minimum Gasteiger partial charge on any atom is -0.354 e. The number of hydrogen-bond acceptors (Lipinski definition) is 3. The van der Waals surface area contributed by atoms with E-state index in [1.54, 1.807) is 10.9 Å². The van der Waals surface area contributed by atoms with Crippen molar-refractivity contribution in [2.45, 2.75) is 32.2 Å². The van der Waals surface area contributed by atoms with Gasteiger partial charge in [-0.05, 0) is 12.5 Å². The molecule has 5 nitrogen and oxygen atoms in total. The van der Waals surface area contributed by atoms with E-state index in [4.69, 9.17) is 5.73 Å². The minimum atomic E-state index is -0.378. The second kappa shape index (κ2) is 6.27. The fraction of sp³-hybridized carbons (Fsp3) is 0.636. The number of nitrogens with two attached hydrogens (primary N) is 1. The third kappa shape index (κ3) is 3.66. The zero-order chi connectivity index (χ0) is 12.0. The highest BCUT2D eigenvalue weighted by Crippen LogP contribution is 1.97. The highest BCUT2D eigenvalue weighted by atomic mass is 16.2. The molecule has 0 saturated heterocycles. The maximum atomic E-state index is 11.5. The van der Waals surface area contributed by atoms with E-state index in [0.717, 1.165) is 25.0 Å². The first kappa shape index (κ1) is 12.7. The predicted octanol–water partition coefficient (Wildman–Crippen LogP) is 0.206. The third-order valence-corrected chi connectivity index (χ3v) is 2.54. The quantitative estimate of drug-likeness (QED) is 0.725. The zero-order valence-corrected chi connectivity index (χ0v) is 9.94. The lowest BCUT2D eigenvalue weighted by Gasteiger charge is -2.10. The number of carbonyl (C=O) groups excluding carboxylic acids is 1. The van der Waals surface area contributed by atoms with E-state index in [1.165, 1.54) is 0 Å². The summed E-state index contributed by atoms with van der Waals surface area (Å²) in [7, 11) is 1.89. The Labute approximate surface area is 96.0 Å². The lowest BCUT2D eigenvalue weighted by atomic mass is 10.1. The van der Waals surface area contributed by atoms with Gasteiger partial charge < -0.3 is 11.1 Å². The maximum Gasteiger partial charge on any atom is 0.236 e. The molecule has 1 unspecified atom stereocenters. The van der Waals surface area contributed by atoms with E-state index in [-0.39, 0.29) is 11.9 Å². The van der Waals surface area contributed by atoms with E-state index in [9.17, 15) is 4.79 Å². The summed E-state index contributed by atoms with van der Waals surface area (Å²) in [4.78, 5) is 11.5. The van der Waals surface area contributed by atoms with Gasteiger partial charge >= 0.3 is 0 Å². The number of nitrogens with zero attached hydrogens (tertiary/aromatic N) is 2. The van der Waals surface area contributed by atoms with Crippen LogP contribution in [0.5, 0.6) is 0 Å². The Hall–Kier alpha value is -1.36. The smallest absolute Gasteiger partial charge is 0.236 e. The van der Waals surface area contributed by atoms with Gasteiger partial charge in [0.1, 0.15) is 0 Å². The van der Waals surface area contributed by atoms with Gasteiger partial charge in [0.25, 0.3) is 0 Å². The van der Waals surface area contributed by atoms with Gasteiger partial charge in [-0.3, -0.25) is 9.48 Å². The molecule has 1 aromatic heterocycles. The Morgan fingerprint density at radius 1 is 1.69 bits per heavy atom. The van der Waals surface area contributed by atoms with Crippen LogP contribution in [0.4, 0.5) is 0 Å². The van der Waals surface area contributed by atoms with E-state index in [2.05, 4.69) is 10.4 Å². The molecule has 0 saturated carbocycles. The van der Waals surface area contributed by atoms with E-state index in [1.807, 2.05) is 20.0 Å². The van der Waals surface area contributed by atoms with Crippen molar-refractivity contribution in [3.8, 4) is 0 Å². The molecule has 0 fully saturated rings. The summed E-state index contributed by atoms with van der Waals surface area (Å²) in [5, 5.41) is 6.89. The number of amides is 1. The molecule has 90 valence electrons. The van der Waals surface area contributed by atoms with Crippen LogP contribution in [-0.2, 0) is 18.3 Å². The molecule has 0 spiro atoms. The van der Waals surface area contributed by atoms with Gasteiger partial charge in [0.05, 0.1) is 6.04 Å². The Morgan fingerprint density at radius 3 is 3.00 bits per heavy atom. The molecule has 16 heavy (non-hydrogen) atoms. The molecule has 3 N–H and O–H groups in total. The van der Waals surface area contributed by atoms with Crippen LogP contribution in [0.2, 0.25) is 0 Å². The SMILES string of the molecule is CCCC(N)C(=O)NCCc1ccnn1C. The Morgan fingerprint density at radius 2 is 2.44 bits per heavy atom. The topological polar surface area (TPSA) is 72.9 Å². The van der Waals surface area contributed by atoms with E-state index >= 15 is 0 Å². The summed E-state index contributed by atoms with van der Waals surface area (Å²) in [6.07, 6.45) is 4.19. The van der Waals surface area contributed by atoms with Gasteiger partial charge in [-0.25, -0.2) is 0 Å². The number of rotatable bonds is 6. The molecule has 1 amide bonds. The monoisotopic (exact) mass is 224 g/mol. The van der Waals surface area contributed by atoms with Crippen LogP contribution in [0.15, 0.2) is 12.3 Å². The molecule has 0 bridgehead atoms. The first-order chi connectivity index (χ1) is 7.65. The van der Waals surface area contributed by atoms with Crippen LogP contribution in [0, 0.1) is 0 Å². The highest BCUT2D eigenvalue weighted by Gasteiger charge is 2.11. The van der Waals surface area contributed by atoms with Crippen molar-refractivity contribution in [1.29, 1.82) is 0 Å². The molecule has 1 heterocycles. The molecule has 5 heteroatoms. The summed E-state index contributed by atoms with van der Waals surface area (Å²) >= 11 is 0. The molecule has 1 rings (SSSR count). The van der Waals surface area contributed by atoms with Crippen LogP contribution in [-0.4, -0.2) is 28.3 Å². The van der Waals surface area contributed by atoms with Crippen LogP contribution in [0.1, 0.15) is 25.5 Å². The molecule has 0 aliphatic heterocycles. The molecule has 1 atom stereocenters. The van der Waals surface area contributed by atoms with Gasteiger partial charge in [0.2, 0.25) is 5.91 Å². The number of nitrogens with one attached hydrogen (secondary N) is 1. The van der Waals surface area contributed by atoms with Crippen LogP contribution < -0.4 is 11.1 Å². The first-order valence-electron chi connectivity index (χ1n) is 5.65. The molecule has 0 aliphatic carbocycles. The summed E-state index contributed by atoms with van der Waals surface area (Å²) in [6, 6.07) is 1.56. The lowest BCUT2D eigenvalue weighted by Crippen LogP contribution is -2.41. The van der Waals surface area contributed by atoms with Crippen LogP contribution in [0.3, 0.4) is 0 Å². The summed E-state index contributed by atoms with van der Waals surface area (Å²) in [6.45, 7) is 2.62. The van der Waals surface area contributed by atoms with Crippen molar-refractivity contribution >= 4 is 5.91 Å². The fourth-order valence-electron chi connectivity index (χ4n) is 1.53. The summed E-state index contributed by atoms with van der Waals surface area (Å²) < 4.78 is 1.80. The average molecular weight is 224 g/mol. The van der Waals surface area contributed by atoms with Crippen molar-refractivity contribution in [3.63, 3.8) is 0 Å². The molecule has 0 radical (unpaired) electrons. The van der Waals surface area contributed by atoms with Gasteiger partial charge in [0.15, 0.2) is 0 Å². The van der Waals surface area contributed by atoms with Crippen LogP contribution >= 0.6 is 0 Å². The summed E-state index contributed by atoms with van der Waals surface area (Å²) in [5.41, 5.74) is 6.79. The van der Waals surface area contributed by atoms with Gasteiger partial charge in [-0.15, -0.1) is 0 Å². The van der Waals surface area contributed by atoms with Crippen molar-refractivity contribution in [1.82, 2.24) is 15.1 Å². The third-order valence-electron chi connectivity index (χ3n) is 2.54. The Kier molecular flexibility index (Phi) is 4.98. The predicted molar refractivity (Wildman–Crippen MR) is 62.8 cm³/mol. The molecule has 0 aromatic carbocycles. The molecular weight excluding hydrogens is 204 g/mol. The van der Waals surface area contributed by atoms with Gasteiger partial charge in [-0.2, -0.15) is 5.10 Å². The Balaban J connectivity index is 2.25. The number of aryl methyl sites for hydroxylation is 1. The van der Waals surface area contributed by atoms with Crippen molar-refractivity contribution < 1.29 is 4.79 Å². The van der Waals surface area contributed by atoms with E-state index in [0.29, 0.717) is 6.54 Å². The summed E-state index contributed by atoms with van der Waals surface area (Å²) in [5.74, 6) is -0.0657. The maximum absolute atomic E-state index is 11.5. The molecule has 0 aliphatic rings. The van der Waals surface area contributed by atoms with E-state index < -0.39 is 0 Å². The standard InChI is InChI=1S/C11H20N4O/c1-3-4-10(12)11(16)13-7-5-9-6-8-14-15(9)2/h6,8,10H,3-5,7,12H2,1-2H3,(H,13,16). The Bertz CT molecular complexity index is 334. The number of hydrogen-bond donors (Lipinski definition) is 2. The van der Waals surface area contributed by atoms with Gasteiger partial charge in [0, 0.05) is 31.9 Å². The number of aromatic nitrogens is 2. The van der Waals surface area contributed by atoms with Gasteiger partial charge in [-0.1, -0.05) is 13.3 Å². The minimum absolute atomic E-state index is 0.0657. The second-order valence-electron chi connectivity index (χ2n) is 3.88. The lowest BCUT2D eigenvalue weighted by molar-refractivity contribution is -0.122. The largest absolute Gasteiger partial charge is 0.354 e. The molecule has 1 aromatic rings. The highest BCUT2D eigenvalue weighted by molar-refractivity contribution is 5.81. The zero-order valence-electron chi connectivity index (χ0n) is 9.94. The number of carbonyl (C=O) groups is 1. The van der Waals surface area contributed by atoms with Crippen molar-refractivity contribution in [3.05, 3.63) is 18.0 Å².